The number of hydrogen-bond acceptors (Lipinski definition) is 0. The van der Waals surface area contributed by atoms with E-state index in [1.54, 1.807) is 5.57 Å². The summed E-state index contributed by atoms with van der Waals surface area (Å²) in [5, 5.41) is 0. The number of unbranched alkanes of at least 4 members (excludes halogenated alkanes) is 2. The average Bonchev–Trinajstić information content (AvgIpc) is 2.63. The Balaban J connectivity index is 1.66. The minimum atomic E-state index is 0.899. The van der Waals surface area contributed by atoms with Gasteiger partial charge < -0.3 is 0 Å². The molecule has 3 atom stereocenters. The van der Waals surface area contributed by atoms with Gasteiger partial charge in [-0.2, -0.15) is 0 Å². The molecule has 0 aliphatic heterocycles. The first-order valence-electron chi connectivity index (χ1n) is 11.6. The van der Waals surface area contributed by atoms with Gasteiger partial charge in [-0.1, -0.05) is 82.1 Å². The monoisotopic (exact) mass is 344 g/mol. The fourth-order valence-corrected chi connectivity index (χ4v) is 5.04. The van der Waals surface area contributed by atoms with Crippen LogP contribution in [0.1, 0.15) is 117 Å². The molecule has 0 heteroatoms. The molecule has 2 aliphatic rings. The zero-order valence-electron chi connectivity index (χ0n) is 17.3. The van der Waals surface area contributed by atoms with Gasteiger partial charge in [-0.3, -0.25) is 0 Å². The predicted molar refractivity (Wildman–Crippen MR) is 113 cm³/mol. The predicted octanol–water partition coefficient (Wildman–Crippen LogP) is 8.63. The smallest absolute Gasteiger partial charge is 0.0205 e. The van der Waals surface area contributed by atoms with Gasteiger partial charge in [0.25, 0.3) is 0 Å². The maximum atomic E-state index is 2.56. The molecule has 0 spiro atoms. The minimum absolute atomic E-state index is 0.899. The molecular formula is C25H44. The van der Waals surface area contributed by atoms with Crippen LogP contribution in [0.5, 0.6) is 0 Å². The summed E-state index contributed by atoms with van der Waals surface area (Å²) in [4.78, 5) is 0. The highest BCUT2D eigenvalue weighted by Gasteiger charge is 2.20. The topological polar surface area (TPSA) is 0 Å². The van der Waals surface area contributed by atoms with Crippen LogP contribution >= 0.6 is 0 Å². The SMILES string of the molecule is CCCCC1C=CCCC1CCCCC1CC/C=C(/C)CCCCC1. The molecule has 0 aromatic heterocycles. The molecule has 25 heavy (non-hydrogen) atoms. The average molecular weight is 345 g/mol. The van der Waals surface area contributed by atoms with Crippen LogP contribution in [-0.2, 0) is 0 Å². The van der Waals surface area contributed by atoms with Gasteiger partial charge in [0, 0.05) is 0 Å². The quantitative estimate of drug-likeness (QED) is 0.305. The Morgan fingerprint density at radius 3 is 2.64 bits per heavy atom. The van der Waals surface area contributed by atoms with E-state index in [2.05, 4.69) is 32.1 Å². The Morgan fingerprint density at radius 1 is 0.880 bits per heavy atom. The van der Waals surface area contributed by atoms with E-state index >= 15 is 0 Å². The van der Waals surface area contributed by atoms with Gasteiger partial charge >= 0.3 is 0 Å². The zero-order valence-corrected chi connectivity index (χ0v) is 17.3. The van der Waals surface area contributed by atoms with E-state index in [1.807, 2.05) is 0 Å². The Bertz CT molecular complexity index is 389. The molecule has 0 amide bonds. The Kier molecular flexibility index (Phi) is 10.6. The van der Waals surface area contributed by atoms with Gasteiger partial charge in [-0.15, -0.1) is 0 Å². The van der Waals surface area contributed by atoms with Crippen molar-refractivity contribution in [1.82, 2.24) is 0 Å². The summed E-state index contributed by atoms with van der Waals surface area (Å²) in [6.07, 6.45) is 30.5. The standard InChI is InChI=1S/C25H44/c1-3-4-18-24-20-10-11-21-25(24)19-9-8-16-23-15-7-5-6-13-22(2)14-12-17-23/h10,14,20,23-25H,3-9,11-13,15-19,21H2,1-2H3/b22-14-. The lowest BCUT2D eigenvalue weighted by Gasteiger charge is -2.28. The van der Waals surface area contributed by atoms with Crippen LogP contribution in [0.3, 0.4) is 0 Å². The van der Waals surface area contributed by atoms with Crippen LogP contribution in [0, 0.1) is 17.8 Å². The molecule has 0 bridgehead atoms. The van der Waals surface area contributed by atoms with E-state index in [4.69, 9.17) is 0 Å². The first-order chi connectivity index (χ1) is 12.3. The summed E-state index contributed by atoms with van der Waals surface area (Å²) in [6, 6.07) is 0. The van der Waals surface area contributed by atoms with Crippen molar-refractivity contribution in [2.45, 2.75) is 117 Å². The van der Waals surface area contributed by atoms with Crippen LogP contribution in [0.4, 0.5) is 0 Å². The van der Waals surface area contributed by atoms with Crippen molar-refractivity contribution in [3.8, 4) is 0 Å². The number of rotatable bonds is 8. The second-order valence-electron chi connectivity index (χ2n) is 8.95. The molecule has 0 radical (unpaired) electrons. The summed E-state index contributed by atoms with van der Waals surface area (Å²) in [5.41, 5.74) is 1.64. The summed E-state index contributed by atoms with van der Waals surface area (Å²) in [6.45, 7) is 4.67. The van der Waals surface area contributed by atoms with E-state index in [9.17, 15) is 0 Å². The van der Waals surface area contributed by atoms with Gasteiger partial charge in [-0.05, 0) is 76.0 Å². The first-order valence-corrected chi connectivity index (χ1v) is 11.6. The van der Waals surface area contributed by atoms with Crippen LogP contribution in [0.2, 0.25) is 0 Å². The molecular weight excluding hydrogens is 300 g/mol. The van der Waals surface area contributed by atoms with E-state index < -0.39 is 0 Å². The molecule has 2 rings (SSSR count). The van der Waals surface area contributed by atoms with E-state index in [-0.39, 0.29) is 0 Å². The highest BCUT2D eigenvalue weighted by atomic mass is 14.3. The van der Waals surface area contributed by atoms with E-state index in [1.165, 1.54) is 103 Å². The zero-order chi connectivity index (χ0) is 17.7. The van der Waals surface area contributed by atoms with E-state index in [0.717, 1.165) is 17.8 Å². The number of allylic oxidation sites excluding steroid dienone is 4. The third-order valence-electron chi connectivity index (χ3n) is 6.77. The number of hydrogen-bond donors (Lipinski definition) is 0. The van der Waals surface area contributed by atoms with Crippen LogP contribution < -0.4 is 0 Å². The van der Waals surface area contributed by atoms with Crippen molar-refractivity contribution >= 4 is 0 Å². The Morgan fingerprint density at radius 2 is 1.76 bits per heavy atom. The first kappa shape index (κ1) is 20.8. The van der Waals surface area contributed by atoms with Gasteiger partial charge in [-0.25, -0.2) is 0 Å². The van der Waals surface area contributed by atoms with Gasteiger partial charge in [0.2, 0.25) is 0 Å². The highest BCUT2D eigenvalue weighted by molar-refractivity contribution is 4.98. The molecule has 0 fully saturated rings. The minimum Gasteiger partial charge on any atom is -0.0882 e. The second-order valence-corrected chi connectivity index (χ2v) is 8.95. The van der Waals surface area contributed by atoms with Crippen molar-refractivity contribution in [1.29, 1.82) is 0 Å². The Labute approximate surface area is 158 Å². The molecule has 0 nitrogen and oxygen atoms in total. The van der Waals surface area contributed by atoms with Crippen LogP contribution in [0.15, 0.2) is 23.8 Å². The lowest BCUT2D eigenvalue weighted by Crippen LogP contribution is -2.16. The van der Waals surface area contributed by atoms with Crippen molar-refractivity contribution in [2.75, 3.05) is 0 Å². The lowest BCUT2D eigenvalue weighted by molar-refractivity contribution is 0.295. The van der Waals surface area contributed by atoms with Crippen molar-refractivity contribution in [3.05, 3.63) is 23.8 Å². The molecule has 2 aliphatic carbocycles. The third kappa shape index (κ3) is 8.61. The molecule has 0 N–H and O–H groups in total. The second kappa shape index (κ2) is 12.8. The third-order valence-corrected chi connectivity index (χ3v) is 6.77. The van der Waals surface area contributed by atoms with Crippen LogP contribution in [-0.4, -0.2) is 0 Å². The molecule has 0 aromatic rings. The summed E-state index contributed by atoms with van der Waals surface area (Å²) < 4.78 is 0. The Hall–Kier alpha value is -0.520. The van der Waals surface area contributed by atoms with Crippen molar-refractivity contribution in [2.24, 2.45) is 17.8 Å². The van der Waals surface area contributed by atoms with Gasteiger partial charge in [0.15, 0.2) is 0 Å². The van der Waals surface area contributed by atoms with Crippen molar-refractivity contribution < 1.29 is 0 Å². The molecule has 144 valence electrons. The largest absolute Gasteiger partial charge is 0.0882 e. The molecule has 0 saturated heterocycles. The van der Waals surface area contributed by atoms with Gasteiger partial charge in [0.05, 0.1) is 0 Å². The molecule has 0 saturated carbocycles. The fraction of sp³-hybridized carbons (Fsp3) is 0.840. The van der Waals surface area contributed by atoms with Crippen molar-refractivity contribution in [3.63, 3.8) is 0 Å². The van der Waals surface area contributed by atoms with Gasteiger partial charge in [0.1, 0.15) is 0 Å². The van der Waals surface area contributed by atoms with Crippen LogP contribution in [0.25, 0.3) is 0 Å². The lowest BCUT2D eigenvalue weighted by atomic mass is 9.78. The normalized spacial score (nSPS) is 30.6. The molecule has 3 unspecified atom stereocenters. The van der Waals surface area contributed by atoms with E-state index in [0.29, 0.717) is 0 Å². The highest BCUT2D eigenvalue weighted by Crippen LogP contribution is 2.33. The maximum Gasteiger partial charge on any atom is -0.0205 e. The summed E-state index contributed by atoms with van der Waals surface area (Å²) in [5.74, 6) is 2.89. The maximum absolute atomic E-state index is 2.56. The molecule has 0 aromatic carbocycles. The molecule has 0 heterocycles. The summed E-state index contributed by atoms with van der Waals surface area (Å²) >= 11 is 0. The fourth-order valence-electron chi connectivity index (χ4n) is 5.04. The summed E-state index contributed by atoms with van der Waals surface area (Å²) in [7, 11) is 0.